The maximum atomic E-state index is 4.27. The molecule has 0 bridgehead atoms. The highest BCUT2D eigenvalue weighted by atomic mass is 79.9. The van der Waals surface area contributed by atoms with Crippen LogP contribution in [0.4, 0.5) is 5.95 Å². The molecule has 0 spiro atoms. The van der Waals surface area contributed by atoms with E-state index in [0.29, 0.717) is 6.54 Å². The third-order valence-corrected chi connectivity index (χ3v) is 3.35. The summed E-state index contributed by atoms with van der Waals surface area (Å²) < 4.78 is 3.13. The van der Waals surface area contributed by atoms with Crippen LogP contribution in [0.15, 0.2) is 47.7 Å². The number of hydrogen-bond acceptors (Lipinski definition) is 2. The van der Waals surface area contributed by atoms with Crippen LogP contribution < -0.4 is 5.32 Å². The van der Waals surface area contributed by atoms with E-state index in [1.165, 1.54) is 5.56 Å². The van der Waals surface area contributed by atoms with Gasteiger partial charge in [0.25, 0.3) is 0 Å². The fourth-order valence-electron chi connectivity index (χ4n) is 1.58. The zero-order valence-electron chi connectivity index (χ0n) is 9.65. The second-order valence-electron chi connectivity index (χ2n) is 3.72. The summed E-state index contributed by atoms with van der Waals surface area (Å²) in [5.74, 6) is 0.826. The van der Waals surface area contributed by atoms with E-state index < -0.39 is 0 Å². The summed E-state index contributed by atoms with van der Waals surface area (Å²) in [5, 5.41) is 3.20. The van der Waals surface area contributed by atoms with Gasteiger partial charge in [0.1, 0.15) is 0 Å². The molecule has 1 aromatic heterocycles. The van der Waals surface area contributed by atoms with Crippen molar-refractivity contribution in [3.8, 4) is 5.69 Å². The lowest BCUT2D eigenvalue weighted by molar-refractivity contribution is 1.04. The summed E-state index contributed by atoms with van der Waals surface area (Å²) in [6.07, 6.45) is 5.53. The second kappa shape index (κ2) is 5.19. The van der Waals surface area contributed by atoms with Gasteiger partial charge >= 0.3 is 0 Å². The van der Waals surface area contributed by atoms with Crippen molar-refractivity contribution in [1.29, 1.82) is 0 Å². The molecule has 2 rings (SSSR count). The van der Waals surface area contributed by atoms with Gasteiger partial charge < -0.3 is 5.32 Å². The van der Waals surface area contributed by atoms with E-state index in [1.807, 2.05) is 22.9 Å². The first kappa shape index (κ1) is 11.9. The molecule has 0 radical (unpaired) electrons. The number of nitrogens with zero attached hydrogens (tertiary/aromatic N) is 2. The van der Waals surface area contributed by atoms with Gasteiger partial charge in [0.2, 0.25) is 5.95 Å². The second-order valence-corrected chi connectivity index (χ2v) is 4.58. The van der Waals surface area contributed by atoms with E-state index in [2.05, 4.69) is 51.9 Å². The van der Waals surface area contributed by atoms with Crippen molar-refractivity contribution >= 4 is 21.9 Å². The molecule has 1 N–H and O–H groups in total. The molecule has 0 atom stereocenters. The number of nitrogens with one attached hydrogen (secondary N) is 1. The van der Waals surface area contributed by atoms with Crippen molar-refractivity contribution in [1.82, 2.24) is 9.55 Å². The fourth-order valence-corrected chi connectivity index (χ4v) is 1.83. The van der Waals surface area contributed by atoms with Crippen LogP contribution in [0.5, 0.6) is 0 Å². The van der Waals surface area contributed by atoms with Crippen LogP contribution in [0.1, 0.15) is 5.56 Å². The van der Waals surface area contributed by atoms with Gasteiger partial charge in [-0.05, 0) is 30.7 Å². The van der Waals surface area contributed by atoms with Crippen molar-refractivity contribution in [2.75, 3.05) is 11.9 Å². The lowest BCUT2D eigenvalue weighted by Crippen LogP contribution is -2.05. The van der Waals surface area contributed by atoms with Gasteiger partial charge in [-0.3, -0.25) is 4.57 Å². The van der Waals surface area contributed by atoms with E-state index in [9.17, 15) is 0 Å². The molecule has 0 fully saturated rings. The third-order valence-electron chi connectivity index (χ3n) is 2.46. The topological polar surface area (TPSA) is 29.9 Å². The number of benzene rings is 1. The van der Waals surface area contributed by atoms with Gasteiger partial charge in [-0.1, -0.05) is 22.0 Å². The van der Waals surface area contributed by atoms with Gasteiger partial charge in [0.15, 0.2) is 0 Å². The van der Waals surface area contributed by atoms with Crippen LogP contribution in [-0.2, 0) is 0 Å². The van der Waals surface area contributed by atoms with Crippen LogP contribution >= 0.6 is 15.9 Å². The molecule has 0 aliphatic rings. The van der Waals surface area contributed by atoms with Crippen LogP contribution in [0.2, 0.25) is 0 Å². The molecule has 1 aromatic carbocycles. The Balaban J connectivity index is 2.35. The minimum atomic E-state index is 0.701. The first-order valence-corrected chi connectivity index (χ1v) is 6.16. The van der Waals surface area contributed by atoms with Gasteiger partial charge in [0.05, 0.1) is 0 Å². The number of halogens is 1. The Bertz CT molecular complexity index is 531. The van der Waals surface area contributed by atoms with E-state index in [1.54, 1.807) is 6.20 Å². The monoisotopic (exact) mass is 291 g/mol. The smallest absolute Gasteiger partial charge is 0.207 e. The van der Waals surface area contributed by atoms with Crippen molar-refractivity contribution < 1.29 is 0 Å². The molecular weight excluding hydrogens is 278 g/mol. The molecule has 4 heteroatoms. The van der Waals surface area contributed by atoms with Crippen molar-refractivity contribution in [2.45, 2.75) is 6.92 Å². The van der Waals surface area contributed by atoms with Gasteiger partial charge in [-0.2, -0.15) is 0 Å². The molecule has 0 aliphatic heterocycles. The number of imidazole rings is 1. The summed E-state index contributed by atoms with van der Waals surface area (Å²) >= 11 is 3.50. The van der Waals surface area contributed by atoms with Crippen molar-refractivity contribution in [3.05, 3.63) is 53.3 Å². The molecule has 0 saturated carbocycles. The maximum absolute atomic E-state index is 4.27. The first-order chi connectivity index (χ1) is 8.22. The Morgan fingerprint density at radius 2 is 2.35 bits per heavy atom. The fraction of sp³-hybridized carbons (Fsp3) is 0.154. The normalized spacial score (nSPS) is 10.2. The molecule has 2 aromatic rings. The number of aromatic nitrogens is 2. The number of hydrogen-bond donors (Lipinski definition) is 1. The Morgan fingerprint density at radius 3 is 3.06 bits per heavy atom. The predicted octanol–water partition coefficient (Wildman–Crippen LogP) is 3.54. The standard InChI is InChI=1S/C13H14BrN3/c1-3-6-15-13-16-7-8-17(13)11-4-5-12(14)10(2)9-11/h3-5,7-9H,1,6H2,2H3,(H,15,16). The molecule has 0 saturated heterocycles. The highest BCUT2D eigenvalue weighted by molar-refractivity contribution is 9.10. The summed E-state index contributed by atoms with van der Waals surface area (Å²) in [4.78, 5) is 4.27. The lowest BCUT2D eigenvalue weighted by atomic mass is 10.2. The van der Waals surface area contributed by atoms with Crippen LogP contribution in [0.25, 0.3) is 5.69 Å². The van der Waals surface area contributed by atoms with Crippen molar-refractivity contribution in [3.63, 3.8) is 0 Å². The summed E-state index contributed by atoms with van der Waals surface area (Å²) in [7, 11) is 0. The summed E-state index contributed by atoms with van der Waals surface area (Å²) in [6, 6.07) is 6.21. The quantitative estimate of drug-likeness (QED) is 0.873. The largest absolute Gasteiger partial charge is 0.352 e. The molecular formula is C13H14BrN3. The molecule has 3 nitrogen and oxygen atoms in total. The zero-order chi connectivity index (χ0) is 12.3. The molecule has 0 aliphatic carbocycles. The number of aryl methyl sites for hydroxylation is 1. The number of anilines is 1. The molecule has 17 heavy (non-hydrogen) atoms. The Labute approximate surface area is 109 Å². The zero-order valence-corrected chi connectivity index (χ0v) is 11.2. The minimum absolute atomic E-state index is 0.701. The van der Waals surface area contributed by atoms with Crippen molar-refractivity contribution in [2.24, 2.45) is 0 Å². The molecule has 0 unspecified atom stereocenters. The SMILES string of the molecule is C=CCNc1nccn1-c1ccc(Br)c(C)c1. The summed E-state index contributed by atoms with van der Waals surface area (Å²) in [5.41, 5.74) is 2.29. The third kappa shape index (κ3) is 2.58. The van der Waals surface area contributed by atoms with E-state index in [-0.39, 0.29) is 0 Å². The van der Waals surface area contributed by atoms with Crippen LogP contribution in [-0.4, -0.2) is 16.1 Å². The molecule has 1 heterocycles. The van der Waals surface area contributed by atoms with Gasteiger partial charge in [0, 0.05) is 29.1 Å². The van der Waals surface area contributed by atoms with Crippen LogP contribution in [0.3, 0.4) is 0 Å². The molecule has 0 amide bonds. The van der Waals surface area contributed by atoms with Gasteiger partial charge in [-0.25, -0.2) is 4.98 Å². The van der Waals surface area contributed by atoms with Gasteiger partial charge in [-0.15, -0.1) is 6.58 Å². The first-order valence-electron chi connectivity index (χ1n) is 5.37. The van der Waals surface area contributed by atoms with E-state index >= 15 is 0 Å². The predicted molar refractivity (Wildman–Crippen MR) is 74.7 cm³/mol. The van der Waals surface area contributed by atoms with E-state index in [0.717, 1.165) is 16.1 Å². The van der Waals surface area contributed by atoms with E-state index in [4.69, 9.17) is 0 Å². The Kier molecular flexibility index (Phi) is 3.64. The summed E-state index contributed by atoms with van der Waals surface area (Å²) in [6.45, 7) is 6.45. The molecule has 88 valence electrons. The highest BCUT2D eigenvalue weighted by Gasteiger charge is 2.04. The minimum Gasteiger partial charge on any atom is -0.352 e. The lowest BCUT2D eigenvalue weighted by Gasteiger charge is -2.09. The highest BCUT2D eigenvalue weighted by Crippen LogP contribution is 2.21. The number of rotatable bonds is 4. The Hall–Kier alpha value is -1.55. The average Bonchev–Trinajstić information content (AvgIpc) is 2.78. The Morgan fingerprint density at radius 1 is 1.53 bits per heavy atom. The average molecular weight is 292 g/mol. The van der Waals surface area contributed by atoms with Crippen LogP contribution in [0, 0.1) is 6.92 Å². The maximum Gasteiger partial charge on any atom is 0.207 e.